The second-order valence-electron chi connectivity index (χ2n) is 7.54. The van der Waals surface area contributed by atoms with E-state index in [9.17, 15) is 4.39 Å². The molecule has 8 heteroatoms. The molecule has 164 valence electrons. The highest BCUT2D eigenvalue weighted by molar-refractivity contribution is 6.35. The summed E-state index contributed by atoms with van der Waals surface area (Å²) in [5.41, 5.74) is 3.39. The van der Waals surface area contributed by atoms with Gasteiger partial charge in [-0.25, -0.2) is 9.40 Å². The number of hydrazone groups is 1. The summed E-state index contributed by atoms with van der Waals surface area (Å²) in [6, 6.07) is 15.2. The molecule has 2 atom stereocenters. The van der Waals surface area contributed by atoms with Crippen molar-refractivity contribution in [3.63, 3.8) is 0 Å². The predicted octanol–water partition coefficient (Wildman–Crippen LogP) is 6.39. The monoisotopic (exact) mass is 472 g/mol. The number of hydrogen-bond acceptors (Lipinski definition) is 5. The minimum absolute atomic E-state index is 0.145. The molecular formula is C24H19Cl2FN2O3. The summed E-state index contributed by atoms with van der Waals surface area (Å²) in [6.07, 6.45) is 0.0460. The van der Waals surface area contributed by atoms with Crippen molar-refractivity contribution in [2.45, 2.75) is 18.7 Å². The van der Waals surface area contributed by atoms with Crippen LogP contribution in [0.5, 0.6) is 17.2 Å². The number of halogens is 3. The summed E-state index contributed by atoms with van der Waals surface area (Å²) in [5, 5.41) is 7.74. The van der Waals surface area contributed by atoms with Gasteiger partial charge in [0.15, 0.2) is 11.5 Å². The zero-order valence-corrected chi connectivity index (χ0v) is 18.8. The Balaban J connectivity index is 1.61. The SMILES string of the molecule is COc1ccc(C2=NN3C(C2)c2cc(Cl)cc(Cl)c2OC3c2ccc(F)cc2)cc1OC. The zero-order chi connectivity index (χ0) is 22.4. The van der Waals surface area contributed by atoms with E-state index in [-0.39, 0.29) is 11.9 Å². The van der Waals surface area contributed by atoms with Crippen LogP contribution >= 0.6 is 23.2 Å². The van der Waals surface area contributed by atoms with Crippen LogP contribution in [-0.2, 0) is 0 Å². The Bertz CT molecular complexity index is 1220. The average Bonchev–Trinajstić information content (AvgIpc) is 3.25. The smallest absolute Gasteiger partial charge is 0.213 e. The zero-order valence-electron chi connectivity index (χ0n) is 17.3. The molecule has 3 aromatic rings. The van der Waals surface area contributed by atoms with Crippen molar-refractivity contribution < 1.29 is 18.6 Å². The van der Waals surface area contributed by atoms with Crippen molar-refractivity contribution in [3.05, 3.63) is 87.2 Å². The molecule has 0 bridgehead atoms. The van der Waals surface area contributed by atoms with Gasteiger partial charge in [0.2, 0.25) is 6.23 Å². The minimum atomic E-state index is -0.565. The summed E-state index contributed by atoms with van der Waals surface area (Å²) in [5.74, 6) is 1.51. The topological polar surface area (TPSA) is 43.3 Å². The molecule has 2 unspecified atom stereocenters. The lowest BCUT2D eigenvalue weighted by Crippen LogP contribution is -2.33. The number of fused-ring (bicyclic) bond motifs is 3. The average molecular weight is 473 g/mol. The molecule has 0 amide bonds. The van der Waals surface area contributed by atoms with E-state index in [1.54, 1.807) is 32.4 Å². The van der Waals surface area contributed by atoms with Crippen molar-refractivity contribution in [2.75, 3.05) is 14.2 Å². The maximum atomic E-state index is 13.5. The van der Waals surface area contributed by atoms with Crippen LogP contribution in [0.3, 0.4) is 0 Å². The quantitative estimate of drug-likeness (QED) is 0.441. The van der Waals surface area contributed by atoms with Gasteiger partial charge in [0.05, 0.1) is 31.0 Å². The van der Waals surface area contributed by atoms with E-state index in [2.05, 4.69) is 0 Å². The molecule has 2 heterocycles. The third-order valence-corrected chi connectivity index (χ3v) is 6.18. The Morgan fingerprint density at radius 3 is 2.47 bits per heavy atom. The molecule has 0 spiro atoms. The summed E-state index contributed by atoms with van der Waals surface area (Å²) in [6.45, 7) is 0. The molecule has 0 aromatic heterocycles. The van der Waals surface area contributed by atoms with Gasteiger partial charge in [-0.05, 0) is 42.5 Å². The van der Waals surface area contributed by atoms with Gasteiger partial charge in [-0.3, -0.25) is 0 Å². The first kappa shape index (κ1) is 20.9. The van der Waals surface area contributed by atoms with E-state index < -0.39 is 6.23 Å². The molecule has 0 fully saturated rings. The Labute approximate surface area is 194 Å². The molecular weight excluding hydrogens is 454 g/mol. The van der Waals surface area contributed by atoms with Crippen LogP contribution < -0.4 is 14.2 Å². The fraction of sp³-hybridized carbons (Fsp3) is 0.208. The third-order valence-electron chi connectivity index (χ3n) is 5.68. The largest absolute Gasteiger partial charge is 0.493 e. The fourth-order valence-corrected chi connectivity index (χ4v) is 4.71. The van der Waals surface area contributed by atoms with Crippen molar-refractivity contribution in [1.82, 2.24) is 5.01 Å². The molecule has 3 aromatic carbocycles. The van der Waals surface area contributed by atoms with Gasteiger partial charge in [0, 0.05) is 28.1 Å². The van der Waals surface area contributed by atoms with Crippen LogP contribution in [0.15, 0.2) is 59.7 Å². The number of rotatable bonds is 4. The van der Waals surface area contributed by atoms with Gasteiger partial charge in [0.25, 0.3) is 0 Å². The van der Waals surface area contributed by atoms with Gasteiger partial charge in [-0.15, -0.1) is 0 Å². The van der Waals surface area contributed by atoms with Crippen LogP contribution in [0.4, 0.5) is 4.39 Å². The highest BCUT2D eigenvalue weighted by Gasteiger charge is 2.42. The second-order valence-corrected chi connectivity index (χ2v) is 8.39. The number of hydrogen-bond donors (Lipinski definition) is 0. The first-order valence-corrected chi connectivity index (χ1v) is 10.7. The Kier molecular flexibility index (Phi) is 5.35. The lowest BCUT2D eigenvalue weighted by atomic mass is 9.95. The maximum absolute atomic E-state index is 13.5. The highest BCUT2D eigenvalue weighted by Crippen LogP contribution is 2.51. The van der Waals surface area contributed by atoms with Crippen molar-refractivity contribution >= 4 is 28.9 Å². The van der Waals surface area contributed by atoms with E-state index in [4.69, 9.17) is 42.5 Å². The van der Waals surface area contributed by atoms with Gasteiger partial charge >= 0.3 is 0 Å². The molecule has 2 aliphatic heterocycles. The van der Waals surface area contributed by atoms with Crippen LogP contribution in [0.2, 0.25) is 10.0 Å². The molecule has 0 N–H and O–H groups in total. The highest BCUT2D eigenvalue weighted by atomic mass is 35.5. The Hall–Kier alpha value is -2.96. The maximum Gasteiger partial charge on any atom is 0.213 e. The number of benzene rings is 3. The van der Waals surface area contributed by atoms with E-state index in [0.29, 0.717) is 33.7 Å². The second kappa shape index (κ2) is 8.19. The van der Waals surface area contributed by atoms with Crippen molar-refractivity contribution in [2.24, 2.45) is 5.10 Å². The van der Waals surface area contributed by atoms with E-state index in [1.165, 1.54) is 12.1 Å². The molecule has 0 aliphatic carbocycles. The van der Waals surface area contributed by atoms with Crippen molar-refractivity contribution in [3.8, 4) is 17.2 Å². The van der Waals surface area contributed by atoms with E-state index in [0.717, 1.165) is 22.4 Å². The van der Waals surface area contributed by atoms with Gasteiger partial charge in [-0.2, -0.15) is 5.10 Å². The lowest BCUT2D eigenvalue weighted by molar-refractivity contribution is -0.0189. The Morgan fingerprint density at radius 2 is 1.75 bits per heavy atom. The molecule has 2 aliphatic rings. The van der Waals surface area contributed by atoms with Crippen LogP contribution in [-0.4, -0.2) is 24.9 Å². The van der Waals surface area contributed by atoms with Crippen LogP contribution in [0, 0.1) is 5.82 Å². The molecule has 5 nitrogen and oxygen atoms in total. The molecule has 0 saturated heterocycles. The third kappa shape index (κ3) is 3.53. The van der Waals surface area contributed by atoms with Gasteiger partial charge in [0.1, 0.15) is 11.6 Å². The molecule has 0 radical (unpaired) electrons. The molecule has 0 saturated carbocycles. The predicted molar refractivity (Wildman–Crippen MR) is 122 cm³/mol. The minimum Gasteiger partial charge on any atom is -0.493 e. The van der Waals surface area contributed by atoms with Crippen LogP contribution in [0.25, 0.3) is 0 Å². The normalized spacial score (nSPS) is 19.0. The summed E-state index contributed by atoms with van der Waals surface area (Å²) >= 11 is 12.8. The summed E-state index contributed by atoms with van der Waals surface area (Å²) in [4.78, 5) is 0. The first-order chi connectivity index (χ1) is 15.5. The van der Waals surface area contributed by atoms with Crippen LogP contribution in [0.1, 0.15) is 35.4 Å². The summed E-state index contributed by atoms with van der Waals surface area (Å²) < 4.78 is 30.6. The first-order valence-electron chi connectivity index (χ1n) is 9.97. The lowest BCUT2D eigenvalue weighted by Gasteiger charge is -2.38. The van der Waals surface area contributed by atoms with Gasteiger partial charge in [-0.1, -0.05) is 35.3 Å². The molecule has 32 heavy (non-hydrogen) atoms. The van der Waals surface area contributed by atoms with Crippen molar-refractivity contribution in [1.29, 1.82) is 0 Å². The Morgan fingerprint density at radius 1 is 1.00 bits per heavy atom. The number of ether oxygens (including phenoxy) is 3. The molecule has 5 rings (SSSR count). The number of nitrogens with zero attached hydrogens (tertiary/aromatic N) is 2. The van der Waals surface area contributed by atoms with E-state index in [1.807, 2.05) is 29.3 Å². The summed E-state index contributed by atoms with van der Waals surface area (Å²) in [7, 11) is 3.19. The van der Waals surface area contributed by atoms with E-state index >= 15 is 0 Å². The fourth-order valence-electron chi connectivity index (χ4n) is 4.15. The number of methoxy groups -OCH3 is 2. The standard InChI is InChI=1S/C24H19Cl2FN2O3/c1-30-21-8-5-14(9-22(21)31-2)19-12-20-17-10-15(25)11-18(26)23(17)32-24(29(20)28-19)13-3-6-16(27)7-4-13/h3-11,20,24H,12H2,1-2H3. The van der Waals surface area contributed by atoms with Gasteiger partial charge < -0.3 is 14.2 Å².